The predicted molar refractivity (Wildman–Crippen MR) is 124 cm³/mol. The minimum Gasteiger partial charge on any atom is -0.297 e. The number of carbonyl (C=O) groups is 1. The number of benzene rings is 2. The zero-order chi connectivity index (χ0) is 20.9. The van der Waals surface area contributed by atoms with Gasteiger partial charge in [0.1, 0.15) is 0 Å². The summed E-state index contributed by atoms with van der Waals surface area (Å²) in [6, 6.07) is 18.8. The van der Waals surface area contributed by atoms with Crippen LogP contribution in [0.2, 0.25) is 0 Å². The zero-order valence-electron chi connectivity index (χ0n) is 17.8. The van der Waals surface area contributed by atoms with E-state index in [1.807, 2.05) is 31.2 Å². The predicted octanol–water partition coefficient (Wildman–Crippen LogP) is 5.59. The molecule has 1 amide bonds. The highest BCUT2D eigenvalue weighted by Crippen LogP contribution is 2.30. The van der Waals surface area contributed by atoms with E-state index in [9.17, 15) is 4.79 Å². The van der Waals surface area contributed by atoms with Crippen molar-refractivity contribution in [2.45, 2.75) is 39.7 Å². The number of hydrogen-bond acceptors (Lipinski definition) is 4. The van der Waals surface area contributed by atoms with Crippen molar-refractivity contribution in [1.82, 2.24) is 9.88 Å². The van der Waals surface area contributed by atoms with Crippen LogP contribution in [0.5, 0.6) is 0 Å². The number of nitrogens with zero attached hydrogens (tertiary/aromatic N) is 3. The van der Waals surface area contributed by atoms with Crippen molar-refractivity contribution in [2.75, 3.05) is 18.0 Å². The third-order valence-electron chi connectivity index (χ3n) is 5.77. The van der Waals surface area contributed by atoms with Crippen LogP contribution in [0.3, 0.4) is 0 Å². The second kappa shape index (κ2) is 9.54. The quantitative estimate of drug-likeness (QED) is 0.522. The first-order valence-electron chi connectivity index (χ1n) is 10.7. The number of carbonyl (C=O) groups excluding carboxylic acids is 1. The van der Waals surface area contributed by atoms with Crippen molar-refractivity contribution in [1.29, 1.82) is 0 Å². The number of anilines is 2. The second-order valence-corrected chi connectivity index (χ2v) is 9.06. The van der Waals surface area contributed by atoms with Gasteiger partial charge < -0.3 is 0 Å². The maximum atomic E-state index is 12.3. The highest BCUT2D eigenvalue weighted by Gasteiger charge is 2.22. The van der Waals surface area contributed by atoms with Crippen molar-refractivity contribution < 1.29 is 4.79 Å². The molecular formula is C25H29N3OS. The van der Waals surface area contributed by atoms with Crippen molar-refractivity contribution in [3.05, 3.63) is 76.8 Å². The minimum atomic E-state index is -0.0109. The number of hydrogen-bond donors (Lipinski definition) is 0. The van der Waals surface area contributed by atoms with E-state index in [0.29, 0.717) is 0 Å². The van der Waals surface area contributed by atoms with E-state index < -0.39 is 0 Å². The Balaban J connectivity index is 1.36. The zero-order valence-corrected chi connectivity index (χ0v) is 18.6. The van der Waals surface area contributed by atoms with Gasteiger partial charge in [0.15, 0.2) is 5.13 Å². The Morgan fingerprint density at radius 3 is 2.60 bits per heavy atom. The lowest BCUT2D eigenvalue weighted by Crippen LogP contribution is -2.34. The molecular weight excluding hydrogens is 390 g/mol. The largest absolute Gasteiger partial charge is 0.297 e. The van der Waals surface area contributed by atoms with Gasteiger partial charge in [-0.3, -0.25) is 14.6 Å². The van der Waals surface area contributed by atoms with E-state index >= 15 is 0 Å². The summed E-state index contributed by atoms with van der Waals surface area (Å²) in [5, 5.41) is 2.85. The molecule has 30 heavy (non-hydrogen) atoms. The molecule has 3 aromatic rings. The molecule has 4 nitrogen and oxygen atoms in total. The molecule has 0 bridgehead atoms. The maximum absolute atomic E-state index is 12.3. The summed E-state index contributed by atoms with van der Waals surface area (Å²) in [7, 11) is 0. The van der Waals surface area contributed by atoms with Crippen molar-refractivity contribution >= 4 is 28.1 Å². The summed E-state index contributed by atoms with van der Waals surface area (Å²) in [5.74, 6) is 0.757. The van der Waals surface area contributed by atoms with E-state index in [1.165, 1.54) is 24.8 Å². The van der Waals surface area contributed by atoms with Gasteiger partial charge in [0, 0.05) is 18.8 Å². The molecule has 0 spiro atoms. The third kappa shape index (κ3) is 5.15. The molecule has 2 aromatic carbocycles. The maximum Gasteiger partial charge on any atom is 0.230 e. The van der Waals surface area contributed by atoms with Gasteiger partial charge in [-0.05, 0) is 68.5 Å². The number of thiazole rings is 1. The minimum absolute atomic E-state index is 0.0109. The second-order valence-electron chi connectivity index (χ2n) is 8.22. The third-order valence-corrected chi connectivity index (χ3v) is 6.64. The number of likely N-dealkylation sites (tertiary alicyclic amines) is 1. The Labute approximate surface area is 183 Å². The monoisotopic (exact) mass is 419 g/mol. The van der Waals surface area contributed by atoms with Crippen molar-refractivity contribution in [2.24, 2.45) is 5.92 Å². The van der Waals surface area contributed by atoms with Gasteiger partial charge in [0.25, 0.3) is 0 Å². The lowest BCUT2D eigenvalue weighted by Gasteiger charge is -2.31. The van der Waals surface area contributed by atoms with Gasteiger partial charge in [-0.1, -0.05) is 42.5 Å². The van der Waals surface area contributed by atoms with E-state index in [2.05, 4.69) is 40.6 Å². The van der Waals surface area contributed by atoms with Crippen molar-refractivity contribution in [3.63, 3.8) is 0 Å². The number of rotatable bonds is 6. The molecule has 2 heterocycles. The highest BCUT2D eigenvalue weighted by atomic mass is 32.1. The van der Waals surface area contributed by atoms with Crippen LogP contribution in [0.4, 0.5) is 10.8 Å². The van der Waals surface area contributed by atoms with Crippen LogP contribution >= 0.6 is 11.3 Å². The average molecular weight is 420 g/mol. The Morgan fingerprint density at radius 2 is 1.90 bits per heavy atom. The standard InChI is InChI=1S/C25H29N3OS/c1-19-7-6-10-24(15-19)28(20(2)29)25-26-23(18-30-25)17-27-13-11-22(12-14-27)16-21-8-4-3-5-9-21/h3-10,15,18,22H,11-14,16-17H2,1-2H3. The molecule has 5 heteroatoms. The molecule has 0 saturated carbocycles. The van der Waals surface area contributed by atoms with Crippen LogP contribution in [-0.2, 0) is 17.8 Å². The molecule has 1 aliphatic heterocycles. The first-order valence-corrected chi connectivity index (χ1v) is 11.5. The fourth-order valence-corrected chi connectivity index (χ4v) is 5.07. The van der Waals surface area contributed by atoms with Crippen LogP contribution in [0.1, 0.15) is 36.6 Å². The Morgan fingerprint density at radius 1 is 1.13 bits per heavy atom. The molecule has 4 rings (SSSR count). The van der Waals surface area contributed by atoms with Gasteiger partial charge in [-0.25, -0.2) is 4.98 Å². The Bertz CT molecular complexity index is 977. The topological polar surface area (TPSA) is 36.4 Å². The molecule has 1 saturated heterocycles. The number of piperidine rings is 1. The highest BCUT2D eigenvalue weighted by molar-refractivity contribution is 7.14. The first kappa shape index (κ1) is 20.8. The SMILES string of the molecule is CC(=O)N(c1cccc(C)c1)c1nc(CN2CCC(Cc3ccccc3)CC2)cs1. The van der Waals surface area contributed by atoms with E-state index in [4.69, 9.17) is 4.98 Å². The molecule has 156 valence electrons. The number of aryl methyl sites for hydroxylation is 1. The number of amides is 1. The molecule has 1 fully saturated rings. The lowest BCUT2D eigenvalue weighted by molar-refractivity contribution is -0.115. The summed E-state index contributed by atoms with van der Waals surface area (Å²) < 4.78 is 0. The van der Waals surface area contributed by atoms with Crippen LogP contribution < -0.4 is 4.90 Å². The lowest BCUT2D eigenvalue weighted by atomic mass is 9.90. The van der Waals surface area contributed by atoms with Crippen LogP contribution in [0.25, 0.3) is 0 Å². The van der Waals surface area contributed by atoms with Gasteiger partial charge >= 0.3 is 0 Å². The molecule has 0 unspecified atom stereocenters. The van der Waals surface area contributed by atoms with Crippen LogP contribution in [-0.4, -0.2) is 28.9 Å². The molecule has 1 aromatic heterocycles. The van der Waals surface area contributed by atoms with Gasteiger partial charge in [-0.2, -0.15) is 0 Å². The fraction of sp³-hybridized carbons (Fsp3) is 0.360. The van der Waals surface area contributed by atoms with Gasteiger partial charge in [-0.15, -0.1) is 11.3 Å². The van der Waals surface area contributed by atoms with E-state index in [1.54, 1.807) is 23.2 Å². The van der Waals surface area contributed by atoms with Gasteiger partial charge in [0.05, 0.1) is 11.4 Å². The molecule has 1 aliphatic rings. The Hall–Kier alpha value is -2.50. The van der Waals surface area contributed by atoms with E-state index in [-0.39, 0.29) is 5.91 Å². The summed E-state index contributed by atoms with van der Waals surface area (Å²) in [4.78, 5) is 21.3. The normalized spacial score (nSPS) is 15.3. The summed E-state index contributed by atoms with van der Waals surface area (Å²) >= 11 is 1.54. The molecule has 0 N–H and O–H groups in total. The van der Waals surface area contributed by atoms with Gasteiger partial charge in [0.2, 0.25) is 5.91 Å². The average Bonchev–Trinajstić information content (AvgIpc) is 3.18. The molecule has 0 aliphatic carbocycles. The fourth-order valence-electron chi connectivity index (χ4n) is 4.19. The van der Waals surface area contributed by atoms with Crippen LogP contribution in [0, 0.1) is 12.8 Å². The summed E-state index contributed by atoms with van der Waals surface area (Å²) in [6.45, 7) is 6.71. The summed E-state index contributed by atoms with van der Waals surface area (Å²) in [5.41, 5.74) is 4.51. The van der Waals surface area contributed by atoms with Crippen LogP contribution in [0.15, 0.2) is 60.0 Å². The first-order chi connectivity index (χ1) is 14.6. The number of aromatic nitrogens is 1. The summed E-state index contributed by atoms with van der Waals surface area (Å²) in [6.07, 6.45) is 3.64. The smallest absolute Gasteiger partial charge is 0.230 e. The Kier molecular flexibility index (Phi) is 6.60. The molecule has 0 radical (unpaired) electrons. The van der Waals surface area contributed by atoms with Crippen molar-refractivity contribution in [3.8, 4) is 0 Å². The molecule has 0 atom stereocenters. The van der Waals surface area contributed by atoms with E-state index in [0.717, 1.165) is 47.6 Å².